The maximum Gasteiger partial charge on any atom is 0.0724 e. The second-order valence-electron chi connectivity index (χ2n) is 7.00. The highest BCUT2D eigenvalue weighted by atomic mass is 15.1. The molecule has 2 unspecified atom stereocenters. The van der Waals surface area contributed by atoms with E-state index < -0.39 is 0 Å². The van der Waals surface area contributed by atoms with Gasteiger partial charge in [-0.2, -0.15) is 0 Å². The van der Waals surface area contributed by atoms with Crippen molar-refractivity contribution in [3.05, 3.63) is 0 Å². The van der Waals surface area contributed by atoms with Crippen LogP contribution in [0.15, 0.2) is 0 Å². The molecule has 0 spiro atoms. The summed E-state index contributed by atoms with van der Waals surface area (Å²) in [6.45, 7) is 17.7. The van der Waals surface area contributed by atoms with Gasteiger partial charge < -0.3 is 0 Å². The minimum absolute atomic E-state index is 0.359. The largest absolute Gasteiger partial charge is 0.290 e. The van der Waals surface area contributed by atoms with Gasteiger partial charge in [0.15, 0.2) is 0 Å². The third kappa shape index (κ3) is 10.9. The van der Waals surface area contributed by atoms with Crippen LogP contribution >= 0.6 is 0 Å². The van der Waals surface area contributed by atoms with Gasteiger partial charge >= 0.3 is 0 Å². The first-order valence-corrected chi connectivity index (χ1v) is 11.2. The van der Waals surface area contributed by atoms with Crippen molar-refractivity contribution >= 4 is 0 Å². The molecule has 0 heterocycles. The van der Waals surface area contributed by atoms with Crippen molar-refractivity contribution in [2.24, 2.45) is 0 Å². The van der Waals surface area contributed by atoms with Gasteiger partial charge in [0.25, 0.3) is 0 Å². The molecule has 26 heavy (non-hydrogen) atoms. The van der Waals surface area contributed by atoms with E-state index >= 15 is 0 Å². The molecule has 2 atom stereocenters. The van der Waals surface area contributed by atoms with Gasteiger partial charge in [0.1, 0.15) is 0 Å². The third-order valence-corrected chi connectivity index (χ3v) is 5.21. The van der Waals surface area contributed by atoms with E-state index in [1.54, 1.807) is 0 Å². The van der Waals surface area contributed by atoms with Crippen LogP contribution in [0.1, 0.15) is 92.9 Å². The Kier molecular flexibility index (Phi) is 16.8. The Morgan fingerprint density at radius 1 is 0.538 bits per heavy atom. The number of unbranched alkanes of at least 4 members (excludes halogenated alkanes) is 4. The van der Waals surface area contributed by atoms with Gasteiger partial charge in [0, 0.05) is 0 Å². The lowest BCUT2D eigenvalue weighted by molar-refractivity contribution is 0.246. The average Bonchev–Trinajstić information content (AvgIpc) is 2.66. The summed E-state index contributed by atoms with van der Waals surface area (Å²) in [4.78, 5) is 4.93. The molecule has 150 valence electrons. The molecule has 0 aromatic heterocycles. The highest BCUT2D eigenvalue weighted by Crippen LogP contribution is 2.10. The first-order valence-electron chi connectivity index (χ1n) is 11.2. The minimum Gasteiger partial charge on any atom is -0.290 e. The fraction of sp³-hybridized carbons (Fsp3) is 0.833. The Bertz CT molecular complexity index is 385. The molecule has 0 N–H and O–H groups in total. The van der Waals surface area contributed by atoms with Crippen LogP contribution in [-0.2, 0) is 0 Å². The van der Waals surface area contributed by atoms with Crippen molar-refractivity contribution in [1.29, 1.82) is 0 Å². The van der Waals surface area contributed by atoms with Crippen molar-refractivity contribution in [2.45, 2.75) is 105 Å². The molecule has 0 radical (unpaired) electrons. The predicted octanol–water partition coefficient (Wildman–Crippen LogP) is 5.57. The van der Waals surface area contributed by atoms with Crippen molar-refractivity contribution in [1.82, 2.24) is 9.80 Å². The second kappa shape index (κ2) is 17.5. The summed E-state index contributed by atoms with van der Waals surface area (Å²) in [6, 6.07) is 0.718. The summed E-state index contributed by atoms with van der Waals surface area (Å²) in [5, 5.41) is 0. The summed E-state index contributed by atoms with van der Waals surface area (Å²) in [5.74, 6) is 13.3. The Balaban J connectivity index is 5.02. The molecule has 0 aliphatic carbocycles. The number of hydrogen-bond acceptors (Lipinski definition) is 2. The quantitative estimate of drug-likeness (QED) is 0.295. The highest BCUT2D eigenvalue weighted by Gasteiger charge is 2.13. The molecule has 0 aromatic rings. The van der Waals surface area contributed by atoms with E-state index in [4.69, 9.17) is 0 Å². The molecule has 0 saturated heterocycles. The Hall–Kier alpha value is -0.960. The predicted molar refractivity (Wildman–Crippen MR) is 117 cm³/mol. The average molecular weight is 361 g/mol. The molecule has 0 bridgehead atoms. The molecule has 0 amide bonds. The Labute approximate surface area is 165 Å². The third-order valence-electron chi connectivity index (χ3n) is 5.21. The van der Waals surface area contributed by atoms with Gasteiger partial charge in [-0.05, 0) is 50.9 Å². The zero-order valence-electron chi connectivity index (χ0n) is 18.5. The highest BCUT2D eigenvalue weighted by molar-refractivity contribution is 5.30. The number of rotatable bonds is 14. The van der Waals surface area contributed by atoms with E-state index in [0.717, 1.165) is 26.2 Å². The lowest BCUT2D eigenvalue weighted by Gasteiger charge is -2.25. The summed E-state index contributed by atoms with van der Waals surface area (Å²) in [5.41, 5.74) is 0. The monoisotopic (exact) mass is 360 g/mol. The lowest BCUT2D eigenvalue weighted by atomic mass is 10.1. The molecule has 2 heteroatoms. The van der Waals surface area contributed by atoms with E-state index in [1.165, 1.54) is 51.4 Å². The van der Waals surface area contributed by atoms with Gasteiger partial charge in [0.2, 0.25) is 0 Å². The summed E-state index contributed by atoms with van der Waals surface area (Å²) in [7, 11) is 0. The smallest absolute Gasteiger partial charge is 0.0724 e. The van der Waals surface area contributed by atoms with Crippen LogP contribution < -0.4 is 0 Å². The fourth-order valence-electron chi connectivity index (χ4n) is 3.43. The number of nitrogens with zero attached hydrogens (tertiary/aromatic N) is 2. The van der Waals surface area contributed by atoms with E-state index in [-0.39, 0.29) is 0 Å². The van der Waals surface area contributed by atoms with Crippen LogP contribution in [0.5, 0.6) is 0 Å². The van der Waals surface area contributed by atoms with Crippen LogP contribution in [0, 0.1) is 23.7 Å². The van der Waals surface area contributed by atoms with Crippen LogP contribution in [0.25, 0.3) is 0 Å². The van der Waals surface area contributed by atoms with Gasteiger partial charge in [-0.25, -0.2) is 0 Å². The maximum absolute atomic E-state index is 3.46. The molecule has 0 saturated carbocycles. The Morgan fingerprint density at radius 2 is 0.885 bits per heavy atom. The van der Waals surface area contributed by atoms with Gasteiger partial charge in [-0.1, -0.05) is 91.9 Å². The molecule has 0 aromatic carbocycles. The lowest BCUT2D eigenvalue weighted by Crippen LogP contribution is -2.34. The maximum atomic E-state index is 3.46. The summed E-state index contributed by atoms with van der Waals surface area (Å²) in [6.07, 6.45) is 9.99. The molecular formula is C24H44N2. The van der Waals surface area contributed by atoms with E-state index in [1.807, 2.05) is 0 Å². The number of hydrogen-bond donors (Lipinski definition) is 0. The van der Waals surface area contributed by atoms with E-state index in [2.05, 4.69) is 75.0 Å². The van der Waals surface area contributed by atoms with Crippen LogP contribution in [-0.4, -0.2) is 48.1 Å². The zero-order chi connectivity index (χ0) is 19.6. The van der Waals surface area contributed by atoms with Crippen molar-refractivity contribution < 1.29 is 0 Å². The van der Waals surface area contributed by atoms with E-state index in [0.29, 0.717) is 12.1 Å². The minimum atomic E-state index is 0.359. The van der Waals surface area contributed by atoms with Crippen LogP contribution in [0.2, 0.25) is 0 Å². The zero-order valence-corrected chi connectivity index (χ0v) is 18.5. The van der Waals surface area contributed by atoms with Crippen LogP contribution in [0.3, 0.4) is 0 Å². The summed E-state index contributed by atoms with van der Waals surface area (Å²) < 4.78 is 0. The van der Waals surface area contributed by atoms with Crippen LogP contribution in [0.4, 0.5) is 0 Å². The first kappa shape index (κ1) is 25.0. The molecule has 0 fully saturated rings. The molecule has 2 nitrogen and oxygen atoms in total. The van der Waals surface area contributed by atoms with Gasteiger partial charge in [0.05, 0.1) is 12.1 Å². The van der Waals surface area contributed by atoms with Crippen molar-refractivity contribution in [3.63, 3.8) is 0 Å². The van der Waals surface area contributed by atoms with Gasteiger partial charge in [-0.3, -0.25) is 9.80 Å². The first-order chi connectivity index (χ1) is 12.7. The topological polar surface area (TPSA) is 6.48 Å². The molecule has 0 rings (SSSR count). The van der Waals surface area contributed by atoms with E-state index in [9.17, 15) is 0 Å². The fourth-order valence-corrected chi connectivity index (χ4v) is 3.43. The second-order valence-corrected chi connectivity index (χ2v) is 7.00. The van der Waals surface area contributed by atoms with Gasteiger partial charge in [-0.15, -0.1) is 0 Å². The standard InChI is InChI=1S/C24H44N2/c1-7-13-15-19-23(25(9-3)10-4)21-17-18-22-24(20-16-14-8-2)26(11-5)12-6/h23-24H,7-16,19-20H2,1-6H3. The molecular weight excluding hydrogens is 316 g/mol. The van der Waals surface area contributed by atoms with Crippen molar-refractivity contribution in [2.75, 3.05) is 26.2 Å². The molecule has 0 aliphatic rings. The Morgan fingerprint density at radius 3 is 1.15 bits per heavy atom. The van der Waals surface area contributed by atoms with Crippen molar-refractivity contribution in [3.8, 4) is 23.7 Å². The molecule has 0 aliphatic heterocycles. The summed E-state index contributed by atoms with van der Waals surface area (Å²) >= 11 is 0. The normalized spacial score (nSPS) is 13.1. The SMILES string of the molecule is CCCCCC(C#CC#CC(CCCCC)N(CC)CC)N(CC)CC.